The van der Waals surface area contributed by atoms with Gasteiger partial charge < -0.3 is 4.74 Å². The third-order valence-electron chi connectivity index (χ3n) is 3.77. The lowest BCUT2D eigenvalue weighted by atomic mass is 10.1. The third kappa shape index (κ3) is 2.71. The minimum Gasteiger partial charge on any atom is -0.480 e. The Labute approximate surface area is 148 Å². The van der Waals surface area contributed by atoms with Gasteiger partial charge in [-0.25, -0.2) is 4.98 Å². The molecule has 0 aliphatic rings. The zero-order chi connectivity index (χ0) is 17.2. The maximum atomic E-state index is 9.15. The Kier molecular flexibility index (Phi) is 3.84. The Hall–Kier alpha value is -3.30. The average molecular weight is 344 g/mol. The van der Waals surface area contributed by atoms with E-state index in [1.54, 1.807) is 19.4 Å². The first-order valence-corrected chi connectivity index (χ1v) is 8.43. The zero-order valence-electron chi connectivity index (χ0n) is 13.3. The molecule has 0 radical (unpaired) electrons. The molecule has 0 spiro atoms. The van der Waals surface area contributed by atoms with Gasteiger partial charge >= 0.3 is 0 Å². The summed E-state index contributed by atoms with van der Waals surface area (Å²) in [4.78, 5) is 13.5. The molecule has 0 saturated carbocycles. The van der Waals surface area contributed by atoms with Crippen LogP contribution in [0.3, 0.4) is 0 Å². The number of ether oxygens (including phenoxy) is 1. The number of aromatic nitrogens is 3. The molecular formula is C19H12N4OS. The third-order valence-corrected chi connectivity index (χ3v) is 4.73. The molecule has 5 nitrogen and oxygen atoms in total. The summed E-state index contributed by atoms with van der Waals surface area (Å²) in [5, 5.41) is 11.2. The van der Waals surface area contributed by atoms with Gasteiger partial charge in [0.1, 0.15) is 10.4 Å². The van der Waals surface area contributed by atoms with E-state index >= 15 is 0 Å². The van der Waals surface area contributed by atoms with Crippen molar-refractivity contribution in [3.8, 4) is 34.6 Å². The standard InChI is InChI=1S/C19H12N4OS/c1-24-19-17-16(22-18(23-19)15-7-2-3-8-21-15)14(11-25-17)13-6-4-5-12(9-13)10-20/h2-9,11H,1H3. The highest BCUT2D eigenvalue weighted by atomic mass is 32.1. The van der Waals surface area contributed by atoms with E-state index < -0.39 is 0 Å². The van der Waals surface area contributed by atoms with Gasteiger partial charge in [-0.3, -0.25) is 4.98 Å². The van der Waals surface area contributed by atoms with Crippen LogP contribution in [0, 0.1) is 11.3 Å². The topological polar surface area (TPSA) is 71.7 Å². The van der Waals surface area contributed by atoms with Gasteiger partial charge in [0, 0.05) is 17.1 Å². The lowest BCUT2D eigenvalue weighted by Crippen LogP contribution is -1.96. The second-order valence-electron chi connectivity index (χ2n) is 5.29. The van der Waals surface area contributed by atoms with E-state index in [4.69, 9.17) is 15.0 Å². The van der Waals surface area contributed by atoms with E-state index in [2.05, 4.69) is 16.0 Å². The Morgan fingerprint density at radius 1 is 1.12 bits per heavy atom. The quantitative estimate of drug-likeness (QED) is 0.554. The first kappa shape index (κ1) is 15.2. The zero-order valence-corrected chi connectivity index (χ0v) is 14.1. The summed E-state index contributed by atoms with van der Waals surface area (Å²) in [5.74, 6) is 1.04. The summed E-state index contributed by atoms with van der Waals surface area (Å²) in [6.45, 7) is 0. The van der Waals surface area contributed by atoms with E-state index in [1.807, 2.05) is 41.8 Å². The number of hydrogen-bond acceptors (Lipinski definition) is 6. The molecule has 6 heteroatoms. The predicted octanol–water partition coefficient (Wildman–Crippen LogP) is 4.30. The maximum absolute atomic E-state index is 9.15. The highest BCUT2D eigenvalue weighted by Crippen LogP contribution is 2.38. The number of methoxy groups -OCH3 is 1. The van der Waals surface area contributed by atoms with E-state index in [0.717, 1.165) is 21.3 Å². The lowest BCUT2D eigenvalue weighted by Gasteiger charge is -2.06. The molecule has 3 aromatic heterocycles. The highest BCUT2D eigenvalue weighted by Gasteiger charge is 2.16. The number of hydrogen-bond donors (Lipinski definition) is 0. The summed E-state index contributed by atoms with van der Waals surface area (Å²) in [6, 6.07) is 15.3. The molecule has 1 aromatic carbocycles. The van der Waals surface area contributed by atoms with Gasteiger partial charge in [0.05, 0.1) is 24.3 Å². The summed E-state index contributed by atoms with van der Waals surface area (Å²) >= 11 is 1.52. The molecule has 25 heavy (non-hydrogen) atoms. The van der Waals surface area contributed by atoms with Crippen LogP contribution >= 0.6 is 11.3 Å². The Balaban J connectivity index is 1.96. The van der Waals surface area contributed by atoms with Crippen molar-refractivity contribution in [2.24, 2.45) is 0 Å². The second-order valence-corrected chi connectivity index (χ2v) is 6.17. The van der Waals surface area contributed by atoms with Crippen LogP contribution in [0.4, 0.5) is 0 Å². The monoisotopic (exact) mass is 344 g/mol. The molecule has 0 N–H and O–H groups in total. The number of benzene rings is 1. The first-order chi connectivity index (χ1) is 12.3. The van der Waals surface area contributed by atoms with Gasteiger partial charge in [-0.05, 0) is 29.8 Å². The van der Waals surface area contributed by atoms with Crippen molar-refractivity contribution >= 4 is 21.6 Å². The molecule has 0 saturated heterocycles. The summed E-state index contributed by atoms with van der Waals surface area (Å²) in [5.41, 5.74) is 3.99. The van der Waals surface area contributed by atoms with E-state index in [0.29, 0.717) is 23.0 Å². The van der Waals surface area contributed by atoms with E-state index in [1.165, 1.54) is 11.3 Å². The Bertz CT molecular complexity index is 1100. The molecule has 120 valence electrons. The van der Waals surface area contributed by atoms with Crippen LogP contribution in [0.5, 0.6) is 5.88 Å². The minimum absolute atomic E-state index is 0.515. The van der Waals surface area contributed by atoms with Gasteiger partial charge in [-0.1, -0.05) is 18.2 Å². The molecule has 4 rings (SSSR count). The predicted molar refractivity (Wildman–Crippen MR) is 97.3 cm³/mol. The fraction of sp³-hybridized carbons (Fsp3) is 0.0526. The van der Waals surface area contributed by atoms with E-state index in [-0.39, 0.29) is 0 Å². The van der Waals surface area contributed by atoms with Crippen LogP contribution < -0.4 is 4.74 Å². The maximum Gasteiger partial charge on any atom is 0.235 e. The van der Waals surface area contributed by atoms with Crippen molar-refractivity contribution in [3.05, 3.63) is 59.6 Å². The SMILES string of the molecule is COc1nc(-c2ccccn2)nc2c(-c3cccc(C#N)c3)csc12. The van der Waals surface area contributed by atoms with Crippen molar-refractivity contribution in [1.29, 1.82) is 5.26 Å². The summed E-state index contributed by atoms with van der Waals surface area (Å²) in [7, 11) is 1.60. The highest BCUT2D eigenvalue weighted by molar-refractivity contribution is 7.18. The number of pyridine rings is 1. The van der Waals surface area contributed by atoms with Gasteiger partial charge in [-0.2, -0.15) is 10.2 Å². The normalized spacial score (nSPS) is 10.6. The summed E-state index contributed by atoms with van der Waals surface area (Å²) < 4.78 is 6.34. The van der Waals surface area contributed by atoms with Crippen molar-refractivity contribution in [1.82, 2.24) is 15.0 Å². The smallest absolute Gasteiger partial charge is 0.235 e. The molecule has 0 aliphatic heterocycles. The van der Waals surface area contributed by atoms with Gasteiger partial charge in [0.2, 0.25) is 5.88 Å². The van der Waals surface area contributed by atoms with E-state index in [9.17, 15) is 0 Å². The van der Waals surface area contributed by atoms with Crippen LogP contribution in [0.15, 0.2) is 54.0 Å². The van der Waals surface area contributed by atoms with Crippen LogP contribution in [0.25, 0.3) is 32.9 Å². The molecule has 4 aromatic rings. The molecule has 0 fully saturated rings. The van der Waals surface area contributed by atoms with Crippen LogP contribution in [0.2, 0.25) is 0 Å². The average Bonchev–Trinajstić information content (AvgIpc) is 3.12. The van der Waals surface area contributed by atoms with Crippen LogP contribution in [-0.4, -0.2) is 22.1 Å². The molecule has 0 aliphatic carbocycles. The van der Waals surface area contributed by atoms with Gasteiger partial charge in [-0.15, -0.1) is 11.3 Å². The Morgan fingerprint density at radius 2 is 2.04 bits per heavy atom. The molecule has 0 bridgehead atoms. The number of thiophene rings is 1. The van der Waals surface area contributed by atoms with Crippen LogP contribution in [0.1, 0.15) is 5.56 Å². The molecule has 3 heterocycles. The van der Waals surface area contributed by atoms with Crippen molar-refractivity contribution in [3.63, 3.8) is 0 Å². The van der Waals surface area contributed by atoms with Crippen molar-refractivity contribution < 1.29 is 4.74 Å². The molecule has 0 unspecified atom stereocenters. The minimum atomic E-state index is 0.515. The Morgan fingerprint density at radius 3 is 2.80 bits per heavy atom. The van der Waals surface area contributed by atoms with Crippen LogP contribution in [-0.2, 0) is 0 Å². The fourth-order valence-corrected chi connectivity index (χ4v) is 3.58. The second kappa shape index (κ2) is 6.30. The first-order valence-electron chi connectivity index (χ1n) is 7.55. The molecule has 0 amide bonds. The van der Waals surface area contributed by atoms with Gasteiger partial charge in [0.15, 0.2) is 5.82 Å². The molecular weight excluding hydrogens is 332 g/mol. The number of rotatable bonds is 3. The largest absolute Gasteiger partial charge is 0.480 e. The lowest BCUT2D eigenvalue weighted by molar-refractivity contribution is 0.404. The number of fused-ring (bicyclic) bond motifs is 1. The number of nitrogens with zero attached hydrogens (tertiary/aromatic N) is 4. The number of nitriles is 1. The molecule has 0 atom stereocenters. The van der Waals surface area contributed by atoms with Crippen molar-refractivity contribution in [2.75, 3.05) is 7.11 Å². The van der Waals surface area contributed by atoms with Gasteiger partial charge in [0.25, 0.3) is 0 Å². The fourth-order valence-electron chi connectivity index (χ4n) is 2.60. The summed E-state index contributed by atoms with van der Waals surface area (Å²) in [6.07, 6.45) is 1.71. The van der Waals surface area contributed by atoms with Crippen molar-refractivity contribution in [2.45, 2.75) is 0 Å².